The van der Waals surface area contributed by atoms with E-state index >= 15 is 0 Å². The average Bonchev–Trinajstić information content (AvgIpc) is 3.50. The molecule has 6 nitrogen and oxygen atoms in total. The van der Waals surface area contributed by atoms with Gasteiger partial charge in [-0.05, 0) is 38.5 Å². The largest absolute Gasteiger partial charge is 0.465 e. The Morgan fingerprint density at radius 1 is 0.800 bits per heavy atom. The number of carbonyl (C=O) groups excluding carboxylic acids is 2. The average molecular weight is 352 g/mol. The number of hydrogen-bond donors (Lipinski definition) is 0. The Bertz CT molecular complexity index is 498. The van der Waals surface area contributed by atoms with Crippen LogP contribution < -0.4 is 0 Å². The number of esters is 2. The molecule has 6 atom stereocenters. The van der Waals surface area contributed by atoms with Gasteiger partial charge in [-0.1, -0.05) is 13.8 Å². The van der Waals surface area contributed by atoms with E-state index in [0.29, 0.717) is 12.2 Å². The topological polar surface area (TPSA) is 77.7 Å². The van der Waals surface area contributed by atoms with Gasteiger partial charge in [-0.15, -0.1) is 0 Å². The van der Waals surface area contributed by atoms with Gasteiger partial charge in [0.25, 0.3) is 0 Å². The van der Waals surface area contributed by atoms with Gasteiger partial charge in [-0.3, -0.25) is 9.59 Å². The van der Waals surface area contributed by atoms with Crippen LogP contribution in [0.1, 0.15) is 52.4 Å². The van der Waals surface area contributed by atoms with E-state index in [1.54, 1.807) is 0 Å². The summed E-state index contributed by atoms with van der Waals surface area (Å²) >= 11 is 0. The molecule has 2 aliphatic heterocycles. The van der Waals surface area contributed by atoms with Crippen molar-refractivity contribution in [2.24, 2.45) is 17.3 Å². The summed E-state index contributed by atoms with van der Waals surface area (Å²) < 4.78 is 21.9. The van der Waals surface area contributed by atoms with Crippen LogP contribution in [0.4, 0.5) is 0 Å². The summed E-state index contributed by atoms with van der Waals surface area (Å²) in [7, 11) is 0. The molecule has 0 spiro atoms. The molecule has 2 heterocycles. The first-order chi connectivity index (χ1) is 11.9. The van der Waals surface area contributed by atoms with E-state index in [1.807, 2.05) is 13.8 Å². The molecule has 4 rings (SSSR count). The fourth-order valence-electron chi connectivity index (χ4n) is 4.05. The van der Waals surface area contributed by atoms with Crippen LogP contribution in [0.3, 0.4) is 0 Å². The number of ether oxygens (including phenoxy) is 4. The third-order valence-electron chi connectivity index (χ3n) is 5.89. The first-order valence-electron chi connectivity index (χ1n) is 9.55. The maximum Gasteiger partial charge on any atom is 0.309 e. The third-order valence-corrected chi connectivity index (χ3v) is 5.89. The molecule has 4 aliphatic rings. The van der Waals surface area contributed by atoms with Crippen molar-refractivity contribution in [3.05, 3.63) is 0 Å². The van der Waals surface area contributed by atoms with Crippen LogP contribution in [0.15, 0.2) is 0 Å². The SMILES string of the molecule is CC(C)(COC(=O)C1CCC2OC2C1)COC(=O)C1CCC2OC2C1. The van der Waals surface area contributed by atoms with Crippen molar-refractivity contribution in [2.45, 2.75) is 76.8 Å². The molecule has 0 bridgehead atoms. The van der Waals surface area contributed by atoms with Gasteiger partial charge in [-0.2, -0.15) is 0 Å². The zero-order chi connectivity index (χ0) is 17.6. The van der Waals surface area contributed by atoms with E-state index < -0.39 is 0 Å². The second-order valence-electron chi connectivity index (χ2n) is 8.83. The molecular weight excluding hydrogens is 324 g/mol. The number of hydrogen-bond acceptors (Lipinski definition) is 6. The minimum absolute atomic E-state index is 0.0455. The van der Waals surface area contributed by atoms with Crippen LogP contribution in [0.2, 0.25) is 0 Å². The zero-order valence-electron chi connectivity index (χ0n) is 15.1. The number of fused-ring (bicyclic) bond motifs is 2. The monoisotopic (exact) mass is 352 g/mol. The van der Waals surface area contributed by atoms with Crippen molar-refractivity contribution >= 4 is 11.9 Å². The van der Waals surface area contributed by atoms with Gasteiger partial charge in [-0.25, -0.2) is 0 Å². The number of carbonyl (C=O) groups is 2. The predicted molar refractivity (Wildman–Crippen MR) is 87.7 cm³/mol. The molecule has 6 heteroatoms. The molecule has 0 radical (unpaired) electrons. The fraction of sp³-hybridized carbons (Fsp3) is 0.895. The molecule has 2 saturated heterocycles. The van der Waals surface area contributed by atoms with Crippen LogP contribution >= 0.6 is 0 Å². The molecule has 2 aliphatic carbocycles. The van der Waals surface area contributed by atoms with E-state index in [4.69, 9.17) is 18.9 Å². The van der Waals surface area contributed by atoms with Crippen LogP contribution in [0.5, 0.6) is 0 Å². The summed E-state index contributed by atoms with van der Waals surface area (Å²) in [5.74, 6) is -0.373. The van der Waals surface area contributed by atoms with Gasteiger partial charge < -0.3 is 18.9 Å². The lowest BCUT2D eigenvalue weighted by Gasteiger charge is -2.27. The summed E-state index contributed by atoms with van der Waals surface area (Å²) in [5.41, 5.74) is -0.383. The van der Waals surface area contributed by atoms with Crippen molar-refractivity contribution in [1.82, 2.24) is 0 Å². The molecule has 0 aromatic heterocycles. The number of rotatable bonds is 6. The minimum Gasteiger partial charge on any atom is -0.465 e. The second-order valence-corrected chi connectivity index (χ2v) is 8.83. The highest BCUT2D eigenvalue weighted by Crippen LogP contribution is 2.41. The Labute approximate surface area is 148 Å². The van der Waals surface area contributed by atoms with Gasteiger partial charge in [0.2, 0.25) is 0 Å². The van der Waals surface area contributed by atoms with E-state index in [9.17, 15) is 9.59 Å². The molecule has 6 unspecified atom stereocenters. The van der Waals surface area contributed by atoms with E-state index in [1.165, 1.54) is 0 Å². The van der Waals surface area contributed by atoms with Crippen molar-refractivity contribution in [3.8, 4) is 0 Å². The molecule has 2 saturated carbocycles. The van der Waals surface area contributed by atoms with Crippen molar-refractivity contribution < 1.29 is 28.5 Å². The maximum absolute atomic E-state index is 12.2. The van der Waals surface area contributed by atoms with Crippen molar-refractivity contribution in [1.29, 1.82) is 0 Å². The van der Waals surface area contributed by atoms with E-state index in [0.717, 1.165) is 38.5 Å². The fourth-order valence-corrected chi connectivity index (χ4v) is 4.05. The molecule has 25 heavy (non-hydrogen) atoms. The Morgan fingerprint density at radius 2 is 1.24 bits per heavy atom. The summed E-state index contributed by atoms with van der Waals surface area (Å²) in [6, 6.07) is 0. The quantitative estimate of drug-likeness (QED) is 0.539. The lowest BCUT2D eigenvalue weighted by molar-refractivity contribution is -0.158. The van der Waals surface area contributed by atoms with Gasteiger partial charge >= 0.3 is 11.9 Å². The highest BCUT2D eigenvalue weighted by Gasteiger charge is 2.47. The van der Waals surface area contributed by atoms with Gasteiger partial charge in [0.05, 0.1) is 49.5 Å². The highest BCUT2D eigenvalue weighted by atomic mass is 16.6. The zero-order valence-corrected chi connectivity index (χ0v) is 15.1. The standard InChI is InChI=1S/C19H28O6/c1-19(2,9-22-17(20)11-3-5-13-15(7-11)24-13)10-23-18(21)12-4-6-14-16(8-12)25-14/h11-16H,3-10H2,1-2H3. The van der Waals surface area contributed by atoms with Crippen molar-refractivity contribution in [2.75, 3.05) is 13.2 Å². The van der Waals surface area contributed by atoms with Gasteiger partial charge in [0.15, 0.2) is 0 Å². The van der Waals surface area contributed by atoms with Crippen LogP contribution in [0.25, 0.3) is 0 Å². The molecule has 0 amide bonds. The maximum atomic E-state index is 12.2. The second kappa shape index (κ2) is 6.54. The minimum atomic E-state index is -0.383. The number of epoxide rings is 2. The summed E-state index contributed by atoms with van der Waals surface area (Å²) in [5, 5.41) is 0. The smallest absolute Gasteiger partial charge is 0.309 e. The summed E-state index contributed by atoms with van der Waals surface area (Å²) in [4.78, 5) is 24.5. The predicted octanol–water partition coefficient (Wildman–Crippen LogP) is 2.23. The molecule has 0 aromatic rings. The normalized spacial score (nSPS) is 39.0. The Morgan fingerprint density at radius 3 is 1.64 bits per heavy atom. The Balaban J connectivity index is 1.17. The molecule has 4 fully saturated rings. The highest BCUT2D eigenvalue weighted by molar-refractivity contribution is 5.73. The first kappa shape index (κ1) is 17.3. The van der Waals surface area contributed by atoms with E-state index in [2.05, 4.69) is 0 Å². The molecule has 140 valence electrons. The molecule has 0 aromatic carbocycles. The Hall–Kier alpha value is -1.14. The van der Waals surface area contributed by atoms with Gasteiger partial charge in [0, 0.05) is 5.41 Å². The van der Waals surface area contributed by atoms with Crippen LogP contribution in [-0.4, -0.2) is 49.6 Å². The molecule has 0 N–H and O–H groups in total. The first-order valence-corrected chi connectivity index (χ1v) is 9.55. The lowest BCUT2D eigenvalue weighted by Crippen LogP contribution is -2.33. The Kier molecular flexibility index (Phi) is 4.52. The van der Waals surface area contributed by atoms with Crippen molar-refractivity contribution in [3.63, 3.8) is 0 Å². The third kappa shape index (κ3) is 4.17. The molecular formula is C19H28O6. The van der Waals surface area contributed by atoms with E-state index in [-0.39, 0.29) is 54.6 Å². The van der Waals surface area contributed by atoms with Gasteiger partial charge in [0.1, 0.15) is 0 Å². The summed E-state index contributed by atoms with van der Waals surface area (Å²) in [6.45, 7) is 4.44. The lowest BCUT2D eigenvalue weighted by atomic mass is 9.89. The van der Waals surface area contributed by atoms with Crippen LogP contribution in [0, 0.1) is 17.3 Å². The summed E-state index contributed by atoms with van der Waals surface area (Å²) in [6.07, 6.45) is 6.48. The van der Waals surface area contributed by atoms with Crippen LogP contribution in [-0.2, 0) is 28.5 Å².